The first-order valence-electron chi connectivity index (χ1n) is 2.94. The van der Waals surface area contributed by atoms with Crippen molar-refractivity contribution in [3.63, 3.8) is 0 Å². The average molecular weight is 154 g/mol. The number of nitrogens with zero attached hydrogens (tertiary/aromatic N) is 1. The van der Waals surface area contributed by atoms with Crippen molar-refractivity contribution in [2.24, 2.45) is 0 Å². The number of carboxylic acid groups (broad SMARTS) is 1. The summed E-state index contributed by atoms with van der Waals surface area (Å²) < 4.78 is 0. The Bertz CT molecular complexity index is 265. The fourth-order valence-electron chi connectivity index (χ4n) is 0.643. The lowest BCUT2D eigenvalue weighted by molar-refractivity contribution is -0.135. The first kappa shape index (κ1) is 7.46. The molecule has 5 heteroatoms. The highest BCUT2D eigenvalue weighted by Gasteiger charge is 2.10. The normalized spacial score (nSPS) is 9.45. The van der Waals surface area contributed by atoms with E-state index < -0.39 is 18.2 Å². The first-order chi connectivity index (χ1) is 5.20. The van der Waals surface area contributed by atoms with Crippen molar-refractivity contribution in [3.05, 3.63) is 18.0 Å². The standard InChI is InChI=1S/C6H6N2O3/c9-5(1-6(10)11)4-2-7-8-3-4/h2-3H,1H2,(H,7,8)(H,10,11). The van der Waals surface area contributed by atoms with Crippen molar-refractivity contribution < 1.29 is 14.7 Å². The topological polar surface area (TPSA) is 83.0 Å². The van der Waals surface area contributed by atoms with Crippen molar-refractivity contribution in [1.29, 1.82) is 0 Å². The van der Waals surface area contributed by atoms with Crippen LogP contribution in [-0.2, 0) is 4.79 Å². The summed E-state index contributed by atoms with van der Waals surface area (Å²) in [5.41, 5.74) is 0.299. The molecule has 0 unspecified atom stereocenters. The van der Waals surface area contributed by atoms with Crippen LogP contribution in [0.3, 0.4) is 0 Å². The second-order valence-electron chi connectivity index (χ2n) is 1.98. The molecular formula is C6H6N2O3. The number of carboxylic acids is 1. The number of H-pyrrole nitrogens is 1. The number of aliphatic carboxylic acids is 1. The number of hydrogen-bond donors (Lipinski definition) is 2. The maximum absolute atomic E-state index is 10.9. The van der Waals surface area contributed by atoms with Gasteiger partial charge in [0.25, 0.3) is 0 Å². The summed E-state index contributed by atoms with van der Waals surface area (Å²) >= 11 is 0. The zero-order chi connectivity index (χ0) is 8.27. The molecule has 5 nitrogen and oxygen atoms in total. The largest absolute Gasteiger partial charge is 0.481 e. The number of carbonyl (C=O) groups excluding carboxylic acids is 1. The summed E-state index contributed by atoms with van der Waals surface area (Å²) in [7, 11) is 0. The lowest BCUT2D eigenvalue weighted by Crippen LogP contribution is -2.05. The number of aromatic nitrogens is 2. The van der Waals surface area contributed by atoms with Gasteiger partial charge in [0.15, 0.2) is 5.78 Å². The Hall–Kier alpha value is -1.65. The lowest BCUT2D eigenvalue weighted by Gasteiger charge is -1.89. The molecule has 0 radical (unpaired) electrons. The van der Waals surface area contributed by atoms with Crippen LogP contribution in [0.4, 0.5) is 0 Å². The van der Waals surface area contributed by atoms with E-state index in [0.717, 1.165) is 0 Å². The molecule has 0 amide bonds. The lowest BCUT2D eigenvalue weighted by atomic mass is 10.2. The summed E-state index contributed by atoms with van der Waals surface area (Å²) in [6.07, 6.45) is 2.18. The van der Waals surface area contributed by atoms with E-state index in [2.05, 4.69) is 10.2 Å². The minimum Gasteiger partial charge on any atom is -0.481 e. The van der Waals surface area contributed by atoms with E-state index in [1.165, 1.54) is 12.4 Å². The molecule has 0 spiro atoms. The highest BCUT2D eigenvalue weighted by atomic mass is 16.4. The predicted molar refractivity (Wildman–Crippen MR) is 35.2 cm³/mol. The molecule has 0 aliphatic heterocycles. The second kappa shape index (κ2) is 2.96. The Kier molecular flexibility index (Phi) is 2.00. The van der Waals surface area contributed by atoms with Gasteiger partial charge in [-0.25, -0.2) is 0 Å². The fourth-order valence-corrected chi connectivity index (χ4v) is 0.643. The molecule has 0 atom stereocenters. The average Bonchev–Trinajstić information content (AvgIpc) is 2.35. The minimum absolute atomic E-state index is 0.299. The molecule has 0 aromatic carbocycles. The molecule has 0 saturated carbocycles. The SMILES string of the molecule is O=C(O)CC(=O)c1cn[nH]c1. The Balaban J connectivity index is 2.64. The van der Waals surface area contributed by atoms with Gasteiger partial charge in [-0.1, -0.05) is 0 Å². The van der Waals surface area contributed by atoms with E-state index >= 15 is 0 Å². The Morgan fingerprint density at radius 2 is 2.36 bits per heavy atom. The van der Waals surface area contributed by atoms with Gasteiger partial charge in [-0.05, 0) is 0 Å². The Morgan fingerprint density at radius 3 is 2.82 bits per heavy atom. The minimum atomic E-state index is -1.13. The number of hydrogen-bond acceptors (Lipinski definition) is 3. The third-order valence-corrected chi connectivity index (χ3v) is 1.13. The van der Waals surface area contributed by atoms with Crippen LogP contribution in [-0.4, -0.2) is 27.1 Å². The van der Waals surface area contributed by atoms with Crippen LogP contribution in [0, 0.1) is 0 Å². The number of nitrogens with one attached hydrogen (secondary N) is 1. The van der Waals surface area contributed by atoms with Crippen LogP contribution in [0.5, 0.6) is 0 Å². The van der Waals surface area contributed by atoms with E-state index in [1.807, 2.05) is 0 Å². The van der Waals surface area contributed by atoms with E-state index in [4.69, 9.17) is 5.11 Å². The zero-order valence-corrected chi connectivity index (χ0v) is 5.57. The molecule has 58 valence electrons. The highest BCUT2D eigenvalue weighted by molar-refractivity contribution is 6.05. The predicted octanol–water partition coefficient (Wildman–Crippen LogP) is 0.0671. The van der Waals surface area contributed by atoms with Crippen LogP contribution < -0.4 is 0 Å². The van der Waals surface area contributed by atoms with Gasteiger partial charge in [0.2, 0.25) is 0 Å². The molecule has 11 heavy (non-hydrogen) atoms. The molecule has 1 heterocycles. The van der Waals surface area contributed by atoms with Crippen molar-refractivity contribution in [3.8, 4) is 0 Å². The van der Waals surface area contributed by atoms with Crippen LogP contribution in [0.1, 0.15) is 16.8 Å². The van der Waals surface area contributed by atoms with Crippen LogP contribution >= 0.6 is 0 Å². The smallest absolute Gasteiger partial charge is 0.311 e. The van der Waals surface area contributed by atoms with Crippen LogP contribution in [0.25, 0.3) is 0 Å². The van der Waals surface area contributed by atoms with Crippen LogP contribution in [0.15, 0.2) is 12.4 Å². The number of aromatic amines is 1. The van der Waals surface area contributed by atoms with Crippen molar-refractivity contribution in [1.82, 2.24) is 10.2 Å². The van der Waals surface area contributed by atoms with Gasteiger partial charge in [-0.15, -0.1) is 0 Å². The molecule has 0 aliphatic rings. The number of ketones is 1. The Morgan fingerprint density at radius 1 is 1.64 bits per heavy atom. The van der Waals surface area contributed by atoms with Gasteiger partial charge in [0.1, 0.15) is 6.42 Å². The number of rotatable bonds is 3. The molecule has 1 rings (SSSR count). The van der Waals surface area contributed by atoms with E-state index in [1.54, 1.807) is 0 Å². The molecule has 1 aromatic heterocycles. The zero-order valence-electron chi connectivity index (χ0n) is 5.57. The monoisotopic (exact) mass is 154 g/mol. The van der Waals surface area contributed by atoms with Crippen molar-refractivity contribution in [2.75, 3.05) is 0 Å². The molecule has 0 aliphatic carbocycles. The van der Waals surface area contributed by atoms with E-state index in [9.17, 15) is 9.59 Å². The summed E-state index contributed by atoms with van der Waals surface area (Å²) in [4.78, 5) is 20.9. The summed E-state index contributed by atoms with van der Waals surface area (Å²) in [6.45, 7) is 0. The van der Waals surface area contributed by atoms with Gasteiger partial charge in [0, 0.05) is 6.20 Å². The van der Waals surface area contributed by atoms with E-state index in [0.29, 0.717) is 5.56 Å². The molecule has 0 fully saturated rings. The molecular weight excluding hydrogens is 148 g/mol. The summed E-state index contributed by atoms with van der Waals surface area (Å²) in [5, 5.41) is 14.2. The number of Topliss-reactive ketones (excluding diaryl/α,β-unsaturated/α-hetero) is 1. The quantitative estimate of drug-likeness (QED) is 0.476. The van der Waals surface area contributed by atoms with Crippen molar-refractivity contribution in [2.45, 2.75) is 6.42 Å². The molecule has 0 bridgehead atoms. The van der Waals surface area contributed by atoms with Crippen molar-refractivity contribution >= 4 is 11.8 Å². The summed E-state index contributed by atoms with van der Waals surface area (Å²) in [6, 6.07) is 0. The molecule has 2 N–H and O–H groups in total. The Labute approximate surface area is 62.0 Å². The van der Waals surface area contributed by atoms with Crippen LogP contribution in [0.2, 0.25) is 0 Å². The van der Waals surface area contributed by atoms with Gasteiger partial charge >= 0.3 is 5.97 Å². The van der Waals surface area contributed by atoms with Gasteiger partial charge in [-0.3, -0.25) is 14.7 Å². The highest BCUT2D eigenvalue weighted by Crippen LogP contribution is 1.98. The summed E-state index contributed by atoms with van der Waals surface area (Å²) in [5.74, 6) is -1.57. The molecule has 0 saturated heterocycles. The fraction of sp³-hybridized carbons (Fsp3) is 0.167. The number of carbonyl (C=O) groups is 2. The maximum atomic E-state index is 10.9. The van der Waals surface area contributed by atoms with E-state index in [-0.39, 0.29) is 0 Å². The van der Waals surface area contributed by atoms with Gasteiger partial charge in [-0.2, -0.15) is 5.10 Å². The molecule has 1 aromatic rings. The third-order valence-electron chi connectivity index (χ3n) is 1.13. The van der Waals surface area contributed by atoms with Gasteiger partial charge in [0.05, 0.1) is 11.8 Å². The third kappa shape index (κ3) is 1.89. The second-order valence-corrected chi connectivity index (χ2v) is 1.98. The first-order valence-corrected chi connectivity index (χ1v) is 2.94. The van der Waals surface area contributed by atoms with Gasteiger partial charge < -0.3 is 5.11 Å². The maximum Gasteiger partial charge on any atom is 0.311 e.